The molecule has 2 fully saturated rings. The summed E-state index contributed by atoms with van der Waals surface area (Å²) in [6.07, 6.45) is 4.68. The van der Waals surface area contributed by atoms with Gasteiger partial charge in [0.1, 0.15) is 17.3 Å². The average Bonchev–Trinajstić information content (AvgIpc) is 3.32. The zero-order chi connectivity index (χ0) is 23.2. The Bertz CT molecular complexity index is 1340. The molecule has 3 aromatic heterocycles. The molecule has 3 aliphatic heterocycles. The number of rotatable bonds is 2. The van der Waals surface area contributed by atoms with E-state index in [1.807, 2.05) is 6.07 Å². The standard InChI is InChI=1S/C25H28FN7O/c1-15-5-19-21(11-31(15)18-6-25(7-18)13-34-14-25)29-32-16(2)10-30(12-23(19)32)22-4-3-17(8-27)33-24(22)20(26)9-28-33/h3-4,9,15-16,18H,5-7,10-14H2,1-2H3/t15-,16+/m0/s1. The Hall–Kier alpha value is -2.96. The van der Waals surface area contributed by atoms with Gasteiger partial charge in [-0.25, -0.2) is 8.91 Å². The highest BCUT2D eigenvalue weighted by Gasteiger charge is 2.52. The lowest BCUT2D eigenvalue weighted by Crippen LogP contribution is -2.61. The van der Waals surface area contributed by atoms with E-state index in [1.54, 1.807) is 6.07 Å². The minimum atomic E-state index is -0.403. The van der Waals surface area contributed by atoms with E-state index < -0.39 is 5.82 Å². The van der Waals surface area contributed by atoms with Gasteiger partial charge in [0.2, 0.25) is 0 Å². The van der Waals surface area contributed by atoms with E-state index in [0.29, 0.717) is 35.3 Å². The van der Waals surface area contributed by atoms with Gasteiger partial charge in [-0.3, -0.25) is 9.58 Å². The maximum absolute atomic E-state index is 14.7. The van der Waals surface area contributed by atoms with Gasteiger partial charge in [-0.05, 0) is 45.2 Å². The summed E-state index contributed by atoms with van der Waals surface area (Å²) in [6.45, 7) is 8.69. The molecular weight excluding hydrogens is 433 g/mol. The third kappa shape index (κ3) is 2.75. The number of fused-ring (bicyclic) bond motifs is 4. The SMILES string of the molecule is C[C@@H]1CN(c2ccc(C#N)n3ncc(F)c23)Cc2c3c(nn21)CN(C1CC2(COC2)C1)[C@@H](C)C3. The summed E-state index contributed by atoms with van der Waals surface area (Å²) in [7, 11) is 0. The maximum atomic E-state index is 14.7. The third-order valence-corrected chi connectivity index (χ3v) is 8.51. The lowest BCUT2D eigenvalue weighted by molar-refractivity contribution is -0.189. The number of hydrogen-bond donors (Lipinski definition) is 0. The van der Waals surface area contributed by atoms with Crippen molar-refractivity contribution < 1.29 is 9.13 Å². The zero-order valence-corrected chi connectivity index (χ0v) is 19.5. The fourth-order valence-electron chi connectivity index (χ4n) is 6.70. The summed E-state index contributed by atoms with van der Waals surface area (Å²) in [5.41, 5.74) is 5.73. The molecule has 4 aliphatic rings. The number of nitriles is 1. The van der Waals surface area contributed by atoms with E-state index in [9.17, 15) is 9.65 Å². The molecule has 7 rings (SSSR count). The fourth-order valence-corrected chi connectivity index (χ4v) is 6.70. The van der Waals surface area contributed by atoms with E-state index in [4.69, 9.17) is 9.84 Å². The Morgan fingerprint density at radius 3 is 2.74 bits per heavy atom. The van der Waals surface area contributed by atoms with Gasteiger partial charge < -0.3 is 9.64 Å². The molecule has 34 heavy (non-hydrogen) atoms. The van der Waals surface area contributed by atoms with Crippen molar-refractivity contribution in [2.24, 2.45) is 5.41 Å². The maximum Gasteiger partial charge on any atom is 0.171 e. The molecule has 0 bridgehead atoms. The van der Waals surface area contributed by atoms with Crippen LogP contribution in [0, 0.1) is 22.6 Å². The van der Waals surface area contributed by atoms with Crippen molar-refractivity contribution in [3.63, 3.8) is 0 Å². The highest BCUT2D eigenvalue weighted by molar-refractivity contribution is 5.75. The van der Waals surface area contributed by atoms with Crippen molar-refractivity contribution in [2.45, 2.75) is 64.3 Å². The van der Waals surface area contributed by atoms with Gasteiger partial charge in [-0.15, -0.1) is 0 Å². The van der Waals surface area contributed by atoms with Crippen LogP contribution < -0.4 is 4.90 Å². The summed E-state index contributed by atoms with van der Waals surface area (Å²) in [5, 5.41) is 18.6. The van der Waals surface area contributed by atoms with Crippen LogP contribution in [0.25, 0.3) is 5.52 Å². The first-order valence-electron chi connectivity index (χ1n) is 12.2. The van der Waals surface area contributed by atoms with Crippen molar-refractivity contribution in [1.29, 1.82) is 5.26 Å². The Balaban J connectivity index is 1.20. The number of halogens is 1. The number of anilines is 1. The molecule has 0 amide bonds. The van der Waals surface area contributed by atoms with Crippen LogP contribution in [-0.2, 0) is 24.2 Å². The van der Waals surface area contributed by atoms with Crippen LogP contribution in [0.3, 0.4) is 0 Å². The first-order valence-corrected chi connectivity index (χ1v) is 12.2. The van der Waals surface area contributed by atoms with Gasteiger partial charge in [0.15, 0.2) is 5.82 Å². The highest BCUT2D eigenvalue weighted by Crippen LogP contribution is 2.50. The number of hydrogen-bond acceptors (Lipinski definition) is 6. The summed E-state index contributed by atoms with van der Waals surface area (Å²) in [5.74, 6) is -0.403. The molecule has 0 unspecified atom stereocenters. The summed E-state index contributed by atoms with van der Waals surface area (Å²) in [6, 6.07) is 6.96. The topological polar surface area (TPSA) is 74.6 Å². The molecule has 176 valence electrons. The summed E-state index contributed by atoms with van der Waals surface area (Å²) in [4.78, 5) is 4.87. The second kappa shape index (κ2) is 7.03. The predicted octanol–water partition coefficient (Wildman–Crippen LogP) is 3.05. The summed E-state index contributed by atoms with van der Waals surface area (Å²) >= 11 is 0. The quantitative estimate of drug-likeness (QED) is 0.584. The molecule has 6 heterocycles. The van der Waals surface area contributed by atoms with Crippen molar-refractivity contribution in [3.8, 4) is 6.07 Å². The first kappa shape index (κ1) is 20.4. The van der Waals surface area contributed by atoms with E-state index in [2.05, 4.69) is 39.5 Å². The molecular formula is C25H28FN7O. The number of pyridine rings is 1. The van der Waals surface area contributed by atoms with Crippen molar-refractivity contribution in [1.82, 2.24) is 24.3 Å². The number of ether oxygens (including phenoxy) is 1. The molecule has 9 heteroatoms. The fraction of sp³-hybridized carbons (Fsp3) is 0.560. The average molecular weight is 462 g/mol. The second-order valence-corrected chi connectivity index (χ2v) is 10.8. The largest absolute Gasteiger partial charge is 0.380 e. The molecule has 0 N–H and O–H groups in total. The Morgan fingerprint density at radius 1 is 1.18 bits per heavy atom. The van der Waals surface area contributed by atoms with Crippen molar-refractivity contribution in [2.75, 3.05) is 24.7 Å². The zero-order valence-electron chi connectivity index (χ0n) is 19.5. The third-order valence-electron chi connectivity index (χ3n) is 8.51. The van der Waals surface area contributed by atoms with Gasteiger partial charge in [0.05, 0.1) is 49.1 Å². The Labute approximate surface area is 197 Å². The van der Waals surface area contributed by atoms with E-state index in [1.165, 1.54) is 40.5 Å². The van der Waals surface area contributed by atoms with E-state index in [-0.39, 0.29) is 6.04 Å². The van der Waals surface area contributed by atoms with Crippen LogP contribution in [0.4, 0.5) is 10.1 Å². The normalized spacial score (nSPS) is 26.1. The molecule has 1 spiro atoms. The molecule has 0 radical (unpaired) electrons. The van der Waals surface area contributed by atoms with Crippen LogP contribution in [0.2, 0.25) is 0 Å². The molecule has 1 saturated heterocycles. The monoisotopic (exact) mass is 461 g/mol. The lowest BCUT2D eigenvalue weighted by Gasteiger charge is -2.57. The van der Waals surface area contributed by atoms with Gasteiger partial charge >= 0.3 is 0 Å². The van der Waals surface area contributed by atoms with Crippen LogP contribution in [0.5, 0.6) is 0 Å². The molecule has 2 atom stereocenters. The molecule has 1 saturated carbocycles. The number of aromatic nitrogens is 4. The Morgan fingerprint density at radius 2 is 2.00 bits per heavy atom. The van der Waals surface area contributed by atoms with Crippen LogP contribution in [0.15, 0.2) is 18.3 Å². The molecule has 1 aliphatic carbocycles. The van der Waals surface area contributed by atoms with Crippen LogP contribution in [-0.4, -0.2) is 56.1 Å². The smallest absolute Gasteiger partial charge is 0.171 e. The van der Waals surface area contributed by atoms with Crippen molar-refractivity contribution in [3.05, 3.63) is 46.8 Å². The van der Waals surface area contributed by atoms with Gasteiger partial charge in [0.25, 0.3) is 0 Å². The van der Waals surface area contributed by atoms with Crippen molar-refractivity contribution >= 4 is 11.2 Å². The van der Waals surface area contributed by atoms with Gasteiger partial charge in [-0.1, -0.05) is 0 Å². The second-order valence-electron chi connectivity index (χ2n) is 10.8. The number of nitrogens with zero attached hydrogens (tertiary/aromatic N) is 7. The Kier molecular flexibility index (Phi) is 4.22. The summed E-state index contributed by atoms with van der Waals surface area (Å²) < 4.78 is 23.8. The van der Waals surface area contributed by atoms with Gasteiger partial charge in [-0.2, -0.15) is 15.5 Å². The first-order chi connectivity index (χ1) is 16.5. The molecule has 0 aromatic carbocycles. The van der Waals surface area contributed by atoms with Gasteiger partial charge in [0, 0.05) is 36.2 Å². The molecule has 8 nitrogen and oxygen atoms in total. The van der Waals surface area contributed by atoms with E-state index in [0.717, 1.165) is 38.4 Å². The molecule has 3 aromatic rings. The lowest BCUT2D eigenvalue weighted by atomic mass is 9.63. The van der Waals surface area contributed by atoms with E-state index >= 15 is 0 Å². The minimum Gasteiger partial charge on any atom is -0.380 e. The highest BCUT2D eigenvalue weighted by atomic mass is 19.1. The predicted molar refractivity (Wildman–Crippen MR) is 123 cm³/mol. The van der Waals surface area contributed by atoms with Crippen LogP contribution >= 0.6 is 0 Å². The van der Waals surface area contributed by atoms with Crippen LogP contribution in [0.1, 0.15) is 55.4 Å². The minimum absolute atomic E-state index is 0.166.